The molecule has 1 atom stereocenters. The SMILES string of the molecule is CC(C)CN1CCC2(CCN(CC[C@H](NC(=O)C3CC3)c3ccccc3)CC2)C1=O.Cl. The van der Waals surface area contributed by atoms with Gasteiger partial charge in [-0.25, -0.2) is 0 Å². The summed E-state index contributed by atoms with van der Waals surface area (Å²) in [5.41, 5.74) is 1.08. The second-order valence-electron chi connectivity index (χ2n) is 10.1. The predicted octanol–water partition coefficient (Wildman–Crippen LogP) is 4.04. The van der Waals surface area contributed by atoms with Gasteiger partial charge in [-0.1, -0.05) is 44.2 Å². The largest absolute Gasteiger partial charge is 0.349 e. The van der Waals surface area contributed by atoms with Gasteiger partial charge in [0.2, 0.25) is 11.8 Å². The number of amides is 2. The number of nitrogens with zero attached hydrogens (tertiary/aromatic N) is 2. The lowest BCUT2D eigenvalue weighted by molar-refractivity contribution is -0.138. The van der Waals surface area contributed by atoms with E-state index in [1.165, 1.54) is 5.56 Å². The molecule has 5 nitrogen and oxygen atoms in total. The highest BCUT2D eigenvalue weighted by molar-refractivity contribution is 5.85. The smallest absolute Gasteiger partial charge is 0.228 e. The van der Waals surface area contributed by atoms with Crippen LogP contribution in [0.1, 0.15) is 64.0 Å². The number of carbonyl (C=O) groups excluding carboxylic acids is 2. The van der Waals surface area contributed by atoms with Crippen molar-refractivity contribution in [2.24, 2.45) is 17.3 Å². The Morgan fingerprint density at radius 2 is 1.74 bits per heavy atom. The van der Waals surface area contributed by atoms with E-state index in [-0.39, 0.29) is 35.7 Å². The Morgan fingerprint density at radius 3 is 2.35 bits per heavy atom. The number of benzene rings is 1. The third-order valence-electron chi connectivity index (χ3n) is 7.20. The van der Waals surface area contributed by atoms with E-state index in [0.717, 1.165) is 71.2 Å². The fourth-order valence-corrected chi connectivity index (χ4v) is 5.13. The van der Waals surface area contributed by atoms with Crippen molar-refractivity contribution >= 4 is 24.2 Å². The third-order valence-corrected chi connectivity index (χ3v) is 7.20. The van der Waals surface area contributed by atoms with E-state index in [1.807, 2.05) is 18.2 Å². The lowest BCUT2D eigenvalue weighted by Gasteiger charge is -2.38. The van der Waals surface area contributed by atoms with Crippen LogP contribution in [0.15, 0.2) is 30.3 Å². The Morgan fingerprint density at radius 1 is 1.10 bits per heavy atom. The molecule has 0 aromatic heterocycles. The van der Waals surface area contributed by atoms with E-state index in [0.29, 0.717) is 11.8 Å². The summed E-state index contributed by atoms with van der Waals surface area (Å²) in [6, 6.07) is 10.4. The highest BCUT2D eigenvalue weighted by atomic mass is 35.5. The van der Waals surface area contributed by atoms with Crippen molar-refractivity contribution in [3.05, 3.63) is 35.9 Å². The van der Waals surface area contributed by atoms with E-state index >= 15 is 0 Å². The summed E-state index contributed by atoms with van der Waals surface area (Å²) in [7, 11) is 0. The molecule has 0 radical (unpaired) electrons. The summed E-state index contributed by atoms with van der Waals surface area (Å²) >= 11 is 0. The lowest BCUT2D eigenvalue weighted by Crippen LogP contribution is -2.45. The number of halogens is 1. The minimum Gasteiger partial charge on any atom is -0.349 e. The molecular weight excluding hydrogens is 410 g/mol. The summed E-state index contributed by atoms with van der Waals surface area (Å²) in [5.74, 6) is 1.37. The van der Waals surface area contributed by atoms with Crippen LogP contribution in [0.4, 0.5) is 0 Å². The average molecular weight is 448 g/mol. The van der Waals surface area contributed by atoms with Gasteiger partial charge in [-0.2, -0.15) is 0 Å². The molecule has 1 aliphatic carbocycles. The maximum absolute atomic E-state index is 13.0. The fraction of sp³-hybridized carbons (Fsp3) is 0.680. The van der Waals surface area contributed by atoms with E-state index in [2.05, 4.69) is 41.1 Å². The maximum atomic E-state index is 13.0. The van der Waals surface area contributed by atoms with Crippen molar-refractivity contribution < 1.29 is 9.59 Å². The molecule has 1 saturated carbocycles. The number of piperidine rings is 1. The molecule has 2 amide bonds. The first-order valence-electron chi connectivity index (χ1n) is 11.8. The molecule has 31 heavy (non-hydrogen) atoms. The van der Waals surface area contributed by atoms with Crippen molar-refractivity contribution in [1.82, 2.24) is 15.1 Å². The molecular formula is C25H38ClN3O2. The quantitative estimate of drug-likeness (QED) is 0.654. The maximum Gasteiger partial charge on any atom is 0.228 e. The van der Waals surface area contributed by atoms with E-state index in [1.54, 1.807) is 0 Å². The standard InChI is InChI=1S/C25H37N3O2.ClH/c1-19(2)18-28-17-13-25(24(28)30)11-15-27(16-12-25)14-10-22(20-6-4-3-5-7-20)26-23(29)21-8-9-21;/h3-7,19,21-22H,8-18H2,1-2H3,(H,26,29);1H/t22-;/m0./s1. The fourth-order valence-electron chi connectivity index (χ4n) is 5.13. The Balaban J connectivity index is 0.00000272. The van der Waals surface area contributed by atoms with Gasteiger partial charge in [-0.3, -0.25) is 9.59 Å². The molecule has 2 heterocycles. The minimum atomic E-state index is -0.107. The van der Waals surface area contributed by atoms with Gasteiger partial charge >= 0.3 is 0 Å². The molecule has 1 spiro atoms. The molecule has 172 valence electrons. The first-order valence-corrected chi connectivity index (χ1v) is 11.8. The third kappa shape index (κ3) is 5.81. The number of hydrogen-bond donors (Lipinski definition) is 1. The Bertz CT molecular complexity index is 742. The summed E-state index contributed by atoms with van der Waals surface area (Å²) in [6.07, 6.45) is 5.96. The Hall–Kier alpha value is -1.59. The molecule has 1 aromatic rings. The van der Waals surface area contributed by atoms with Gasteiger partial charge in [0.1, 0.15) is 0 Å². The molecule has 2 saturated heterocycles. The van der Waals surface area contributed by atoms with Crippen molar-refractivity contribution in [1.29, 1.82) is 0 Å². The zero-order chi connectivity index (χ0) is 21.1. The zero-order valence-corrected chi connectivity index (χ0v) is 19.8. The average Bonchev–Trinajstić information content (AvgIpc) is 3.56. The van der Waals surface area contributed by atoms with Crippen molar-refractivity contribution in [3.8, 4) is 0 Å². The Kier molecular flexibility index (Phi) is 8.03. The van der Waals surface area contributed by atoms with E-state index < -0.39 is 0 Å². The van der Waals surface area contributed by atoms with Gasteiger partial charge in [0.25, 0.3) is 0 Å². The molecule has 0 bridgehead atoms. The summed E-state index contributed by atoms with van der Waals surface area (Å²) in [4.78, 5) is 30.0. The van der Waals surface area contributed by atoms with Gasteiger partial charge in [0.15, 0.2) is 0 Å². The van der Waals surface area contributed by atoms with Crippen molar-refractivity contribution in [2.45, 2.75) is 58.4 Å². The van der Waals surface area contributed by atoms with Crippen LogP contribution in [0.5, 0.6) is 0 Å². The van der Waals surface area contributed by atoms with Crippen LogP contribution in [-0.2, 0) is 9.59 Å². The molecule has 1 N–H and O–H groups in total. The number of likely N-dealkylation sites (tertiary alicyclic amines) is 2. The van der Waals surface area contributed by atoms with Crippen LogP contribution in [0, 0.1) is 17.3 Å². The molecule has 3 fully saturated rings. The normalized spacial score (nSPS) is 21.9. The second-order valence-corrected chi connectivity index (χ2v) is 10.1. The lowest BCUT2D eigenvalue weighted by atomic mass is 9.77. The molecule has 6 heteroatoms. The number of rotatable bonds is 8. The van der Waals surface area contributed by atoms with Crippen LogP contribution in [0.2, 0.25) is 0 Å². The van der Waals surface area contributed by atoms with Gasteiger partial charge in [0, 0.05) is 25.6 Å². The topological polar surface area (TPSA) is 52.6 Å². The van der Waals surface area contributed by atoms with E-state index in [4.69, 9.17) is 0 Å². The van der Waals surface area contributed by atoms with E-state index in [9.17, 15) is 9.59 Å². The first kappa shape index (κ1) is 24.1. The number of nitrogens with one attached hydrogen (secondary N) is 1. The summed E-state index contributed by atoms with van der Waals surface area (Å²) in [5, 5.41) is 3.29. The zero-order valence-electron chi connectivity index (χ0n) is 19.0. The minimum absolute atomic E-state index is 0. The van der Waals surface area contributed by atoms with Crippen LogP contribution in [-0.4, -0.2) is 54.3 Å². The molecule has 3 aliphatic rings. The number of carbonyl (C=O) groups is 2. The molecule has 1 aromatic carbocycles. The number of hydrogen-bond acceptors (Lipinski definition) is 3. The van der Waals surface area contributed by atoms with Crippen molar-refractivity contribution in [2.75, 3.05) is 32.7 Å². The van der Waals surface area contributed by atoms with Gasteiger partial charge < -0.3 is 15.1 Å². The van der Waals surface area contributed by atoms with Crippen LogP contribution >= 0.6 is 12.4 Å². The van der Waals surface area contributed by atoms with Crippen LogP contribution in [0.3, 0.4) is 0 Å². The van der Waals surface area contributed by atoms with Gasteiger partial charge in [-0.05, 0) is 63.1 Å². The highest BCUT2D eigenvalue weighted by Gasteiger charge is 2.47. The van der Waals surface area contributed by atoms with Gasteiger partial charge in [0.05, 0.1) is 11.5 Å². The molecule has 4 rings (SSSR count). The molecule has 0 unspecified atom stereocenters. The van der Waals surface area contributed by atoms with Gasteiger partial charge in [-0.15, -0.1) is 12.4 Å². The van der Waals surface area contributed by atoms with Crippen LogP contribution < -0.4 is 5.32 Å². The van der Waals surface area contributed by atoms with Crippen LogP contribution in [0.25, 0.3) is 0 Å². The highest BCUT2D eigenvalue weighted by Crippen LogP contribution is 2.42. The van der Waals surface area contributed by atoms with Crippen molar-refractivity contribution in [3.63, 3.8) is 0 Å². The first-order chi connectivity index (χ1) is 14.5. The second kappa shape index (κ2) is 10.4. The summed E-state index contributed by atoms with van der Waals surface area (Å²) < 4.78 is 0. The monoisotopic (exact) mass is 447 g/mol. The Labute approximate surface area is 193 Å². The predicted molar refractivity (Wildman–Crippen MR) is 126 cm³/mol. The summed E-state index contributed by atoms with van der Waals surface area (Å²) in [6.45, 7) is 9.13. The molecule has 2 aliphatic heterocycles.